The number of thiazole rings is 1. The summed E-state index contributed by atoms with van der Waals surface area (Å²) in [4.78, 5) is 17.4. The van der Waals surface area contributed by atoms with Crippen LogP contribution in [0.25, 0.3) is 0 Å². The molecule has 0 radical (unpaired) electrons. The molecule has 1 aliphatic heterocycles. The maximum absolute atomic E-state index is 13.4. The van der Waals surface area contributed by atoms with Crippen molar-refractivity contribution in [3.63, 3.8) is 0 Å². The van der Waals surface area contributed by atoms with Crippen LogP contribution in [0.1, 0.15) is 30.1 Å². The van der Waals surface area contributed by atoms with Crippen molar-refractivity contribution in [2.75, 3.05) is 19.9 Å². The number of aromatic nitrogens is 1. The molecule has 37 heavy (non-hydrogen) atoms. The van der Waals surface area contributed by atoms with Gasteiger partial charge in [-0.2, -0.15) is 4.31 Å². The molecule has 0 fully saturated rings. The molecular weight excluding hydrogens is 514 g/mol. The molecule has 4 rings (SSSR count). The van der Waals surface area contributed by atoms with Gasteiger partial charge in [0.05, 0.1) is 28.2 Å². The molecule has 11 heteroatoms. The number of ether oxygens (including phenoxy) is 3. The first-order valence-corrected chi connectivity index (χ1v) is 14.2. The number of hydrogen-bond donors (Lipinski definition) is 1. The predicted molar refractivity (Wildman–Crippen MR) is 140 cm³/mol. The third kappa shape index (κ3) is 6.86. The summed E-state index contributed by atoms with van der Waals surface area (Å²) in [6, 6.07) is 10.9. The molecule has 1 aliphatic rings. The van der Waals surface area contributed by atoms with Gasteiger partial charge >= 0.3 is 0 Å². The molecule has 0 spiro atoms. The average Bonchev–Trinajstić information content (AvgIpc) is 3.50. The van der Waals surface area contributed by atoms with Crippen LogP contribution in [-0.2, 0) is 27.8 Å². The number of nitrogens with two attached hydrogens (primary N) is 1. The first-order valence-electron chi connectivity index (χ1n) is 11.9. The summed E-state index contributed by atoms with van der Waals surface area (Å²) in [6.07, 6.45) is 0.282. The molecule has 1 atom stereocenters. The highest BCUT2D eigenvalue weighted by Crippen LogP contribution is 2.34. The molecule has 0 saturated heterocycles. The molecule has 9 nitrogen and oxygen atoms in total. The summed E-state index contributed by atoms with van der Waals surface area (Å²) in [5, 5.41) is 2.95. The van der Waals surface area contributed by atoms with Crippen molar-refractivity contribution < 1.29 is 27.4 Å². The number of carbonyl (C=O) groups excluding carboxylic acids is 1. The van der Waals surface area contributed by atoms with Gasteiger partial charge in [-0.15, -0.1) is 11.3 Å². The van der Waals surface area contributed by atoms with Crippen LogP contribution in [-0.4, -0.2) is 49.4 Å². The van der Waals surface area contributed by atoms with Crippen LogP contribution in [0.15, 0.2) is 52.7 Å². The van der Waals surface area contributed by atoms with Crippen molar-refractivity contribution in [1.82, 2.24) is 9.29 Å². The topological polar surface area (TPSA) is 121 Å². The lowest BCUT2D eigenvalue weighted by Gasteiger charge is -2.25. The Balaban J connectivity index is 1.38. The predicted octanol–water partition coefficient (Wildman–Crippen LogP) is 3.55. The number of carbonyl (C=O) groups is 1. The fraction of sp³-hybridized carbons (Fsp3) is 0.385. The SMILES string of the molecule is Cc1nc(COc2ccc(CC(N)C(=O)CN(CC(C)C)S(=O)(=O)c3ccc4c(c3)OCO4)cc2)cs1. The number of Topliss-reactive ketones (excluding diaryl/α,β-unsaturated/α-hetero) is 1. The minimum Gasteiger partial charge on any atom is -0.487 e. The monoisotopic (exact) mass is 545 g/mol. The van der Waals surface area contributed by atoms with Crippen LogP contribution < -0.4 is 19.9 Å². The molecule has 1 unspecified atom stereocenters. The van der Waals surface area contributed by atoms with Crippen LogP contribution in [0.3, 0.4) is 0 Å². The summed E-state index contributed by atoms with van der Waals surface area (Å²) < 4.78 is 44.4. The Kier molecular flexibility index (Phi) is 8.48. The van der Waals surface area contributed by atoms with Crippen LogP contribution in [0.4, 0.5) is 0 Å². The maximum Gasteiger partial charge on any atom is 0.243 e. The number of nitrogens with zero attached hydrogens (tertiary/aromatic N) is 2. The van der Waals surface area contributed by atoms with Crippen molar-refractivity contribution in [2.24, 2.45) is 11.7 Å². The zero-order valence-corrected chi connectivity index (χ0v) is 22.7. The van der Waals surface area contributed by atoms with E-state index in [1.54, 1.807) is 17.4 Å². The second-order valence-corrected chi connectivity index (χ2v) is 12.3. The standard InChI is InChI=1S/C26H31N3O6S2/c1-17(2)12-29(37(31,32)22-8-9-25-26(11-22)35-16-34-25)13-24(30)23(27)10-19-4-6-21(7-5-19)33-14-20-15-36-18(3)28-20/h4-9,11,15,17,23H,10,12-14,16,27H2,1-3H3. The van der Waals surface area contributed by atoms with Gasteiger partial charge in [-0.3, -0.25) is 4.79 Å². The summed E-state index contributed by atoms with van der Waals surface area (Å²) in [5.41, 5.74) is 7.94. The van der Waals surface area contributed by atoms with E-state index >= 15 is 0 Å². The van der Waals surface area contributed by atoms with E-state index in [1.807, 2.05) is 50.4 Å². The minimum absolute atomic E-state index is 0.00792. The van der Waals surface area contributed by atoms with Crippen LogP contribution in [0, 0.1) is 12.8 Å². The van der Waals surface area contributed by atoms with Gasteiger partial charge in [-0.1, -0.05) is 26.0 Å². The van der Waals surface area contributed by atoms with Crippen molar-refractivity contribution in [3.8, 4) is 17.2 Å². The van der Waals surface area contributed by atoms with Gasteiger partial charge in [0.1, 0.15) is 12.4 Å². The van der Waals surface area contributed by atoms with Crippen molar-refractivity contribution in [2.45, 2.75) is 44.7 Å². The maximum atomic E-state index is 13.4. The Bertz CT molecular complexity index is 1340. The minimum atomic E-state index is -3.95. The van der Waals surface area contributed by atoms with Crippen LogP contribution >= 0.6 is 11.3 Å². The number of aryl methyl sites for hydroxylation is 1. The Morgan fingerprint density at radius 2 is 1.89 bits per heavy atom. The average molecular weight is 546 g/mol. The largest absolute Gasteiger partial charge is 0.487 e. The smallest absolute Gasteiger partial charge is 0.243 e. The number of rotatable bonds is 12. The number of hydrogen-bond acceptors (Lipinski definition) is 9. The van der Waals surface area contributed by atoms with Gasteiger partial charge < -0.3 is 19.9 Å². The highest BCUT2D eigenvalue weighted by molar-refractivity contribution is 7.89. The summed E-state index contributed by atoms with van der Waals surface area (Å²) in [6.45, 7) is 6.02. The van der Waals surface area contributed by atoms with Gasteiger partial charge in [-0.25, -0.2) is 13.4 Å². The zero-order chi connectivity index (χ0) is 26.6. The first kappa shape index (κ1) is 27.1. The van der Waals surface area contributed by atoms with E-state index in [0.29, 0.717) is 23.9 Å². The van der Waals surface area contributed by atoms with E-state index in [2.05, 4.69) is 4.98 Å². The third-order valence-electron chi connectivity index (χ3n) is 5.73. The molecule has 0 bridgehead atoms. The molecule has 2 aromatic carbocycles. The van der Waals surface area contributed by atoms with Crippen LogP contribution in [0.2, 0.25) is 0 Å². The lowest BCUT2D eigenvalue weighted by molar-refractivity contribution is -0.120. The second-order valence-electron chi connectivity index (χ2n) is 9.27. The first-order chi connectivity index (χ1) is 17.6. The number of sulfonamides is 1. The number of ketones is 1. The molecule has 0 amide bonds. The second kappa shape index (κ2) is 11.6. The molecule has 0 aliphatic carbocycles. The summed E-state index contributed by atoms with van der Waals surface area (Å²) in [7, 11) is -3.95. The Morgan fingerprint density at radius 3 is 2.57 bits per heavy atom. The Morgan fingerprint density at radius 1 is 1.16 bits per heavy atom. The van der Waals surface area contributed by atoms with E-state index in [4.69, 9.17) is 19.9 Å². The van der Waals surface area contributed by atoms with Gasteiger partial charge in [0.25, 0.3) is 0 Å². The molecule has 0 saturated carbocycles. The number of fused-ring (bicyclic) bond motifs is 1. The number of benzene rings is 2. The Hall–Kier alpha value is -2.99. The van der Waals surface area contributed by atoms with Gasteiger partial charge in [0.2, 0.25) is 16.8 Å². The Labute approximate surface area is 221 Å². The molecule has 2 heterocycles. The molecule has 3 aromatic rings. The lowest BCUT2D eigenvalue weighted by Crippen LogP contribution is -2.44. The van der Waals surface area contributed by atoms with E-state index in [9.17, 15) is 13.2 Å². The summed E-state index contributed by atoms with van der Waals surface area (Å²) in [5.74, 6) is 1.19. The van der Waals surface area contributed by atoms with E-state index < -0.39 is 16.1 Å². The van der Waals surface area contributed by atoms with Crippen molar-refractivity contribution in [1.29, 1.82) is 0 Å². The normalized spacial score (nSPS) is 13.8. The van der Waals surface area contributed by atoms with Crippen molar-refractivity contribution in [3.05, 3.63) is 64.1 Å². The fourth-order valence-corrected chi connectivity index (χ4v) is 6.04. The lowest BCUT2D eigenvalue weighted by atomic mass is 10.0. The van der Waals surface area contributed by atoms with Crippen molar-refractivity contribution >= 4 is 27.1 Å². The van der Waals surface area contributed by atoms with Gasteiger partial charge in [-0.05, 0) is 49.1 Å². The van der Waals surface area contributed by atoms with Gasteiger partial charge in [0.15, 0.2) is 17.3 Å². The third-order valence-corrected chi connectivity index (χ3v) is 8.36. The highest BCUT2D eigenvalue weighted by atomic mass is 32.2. The van der Waals surface area contributed by atoms with E-state index in [1.165, 1.54) is 16.4 Å². The molecule has 2 N–H and O–H groups in total. The van der Waals surface area contributed by atoms with Crippen LogP contribution in [0.5, 0.6) is 17.2 Å². The van der Waals surface area contributed by atoms with E-state index in [0.717, 1.165) is 16.3 Å². The van der Waals surface area contributed by atoms with Gasteiger partial charge in [0, 0.05) is 18.0 Å². The zero-order valence-electron chi connectivity index (χ0n) is 21.0. The molecule has 198 valence electrons. The molecule has 1 aromatic heterocycles. The highest BCUT2D eigenvalue weighted by Gasteiger charge is 2.30. The molecular formula is C26H31N3O6S2. The quantitative estimate of drug-likeness (QED) is 0.367. The fourth-order valence-electron chi connectivity index (χ4n) is 3.85. The summed E-state index contributed by atoms with van der Waals surface area (Å²) >= 11 is 1.57. The van der Waals surface area contributed by atoms with E-state index in [-0.39, 0.29) is 42.9 Å².